The molecular formula is C22H36N6O2. The molecule has 2 atom stereocenters. The van der Waals surface area contributed by atoms with Crippen LogP contribution in [0, 0.1) is 5.92 Å². The number of nitrogens with one attached hydrogen (secondary N) is 2. The van der Waals surface area contributed by atoms with Gasteiger partial charge in [-0.3, -0.25) is 9.30 Å². The molecule has 0 aliphatic carbocycles. The Balaban J connectivity index is 1.65. The van der Waals surface area contributed by atoms with Crippen LogP contribution in [-0.4, -0.2) is 64.4 Å². The monoisotopic (exact) mass is 416 g/mol. The average molecular weight is 417 g/mol. The molecule has 2 amide bonds. The zero-order valence-electron chi connectivity index (χ0n) is 18.5. The van der Waals surface area contributed by atoms with Crippen molar-refractivity contribution in [2.24, 2.45) is 5.92 Å². The van der Waals surface area contributed by atoms with Gasteiger partial charge >= 0.3 is 6.03 Å². The number of nitrogens with zero attached hydrogens (tertiary/aromatic N) is 4. The number of fused-ring (bicyclic) bond motifs is 1. The van der Waals surface area contributed by atoms with E-state index in [4.69, 9.17) is 4.74 Å². The van der Waals surface area contributed by atoms with Gasteiger partial charge in [0.2, 0.25) is 0 Å². The molecule has 1 aliphatic heterocycles. The third-order valence-electron chi connectivity index (χ3n) is 6.11. The molecule has 0 spiro atoms. The SMILES string of the molecule is CCCC(NC(=O)NCC(C(CC)CC)N1CCOCC1)c1nnc2ccccn12. The normalized spacial score (nSPS) is 17.2. The van der Waals surface area contributed by atoms with E-state index >= 15 is 0 Å². The lowest BCUT2D eigenvalue weighted by molar-refractivity contribution is 0.00236. The lowest BCUT2D eigenvalue weighted by atomic mass is 9.92. The van der Waals surface area contributed by atoms with Gasteiger partial charge in [0, 0.05) is 31.9 Å². The Kier molecular flexibility index (Phi) is 8.45. The lowest BCUT2D eigenvalue weighted by Crippen LogP contribution is -2.53. The van der Waals surface area contributed by atoms with E-state index in [2.05, 4.69) is 46.5 Å². The minimum absolute atomic E-state index is 0.148. The molecule has 1 aliphatic rings. The summed E-state index contributed by atoms with van der Waals surface area (Å²) in [5, 5.41) is 14.8. The number of morpholine rings is 1. The van der Waals surface area contributed by atoms with Gasteiger partial charge < -0.3 is 15.4 Å². The molecule has 2 aromatic heterocycles. The van der Waals surface area contributed by atoms with Crippen molar-refractivity contribution in [3.8, 4) is 0 Å². The molecule has 8 heteroatoms. The smallest absolute Gasteiger partial charge is 0.315 e. The van der Waals surface area contributed by atoms with Gasteiger partial charge in [-0.15, -0.1) is 10.2 Å². The Bertz CT molecular complexity index is 785. The maximum Gasteiger partial charge on any atom is 0.315 e. The summed E-state index contributed by atoms with van der Waals surface area (Å²) < 4.78 is 7.47. The van der Waals surface area contributed by atoms with Gasteiger partial charge in [-0.25, -0.2) is 4.79 Å². The number of rotatable bonds is 10. The number of carbonyl (C=O) groups excluding carboxylic acids is 1. The van der Waals surface area contributed by atoms with Gasteiger partial charge in [0.05, 0.1) is 19.3 Å². The highest BCUT2D eigenvalue weighted by Crippen LogP contribution is 2.20. The van der Waals surface area contributed by atoms with E-state index in [0.29, 0.717) is 18.5 Å². The third kappa shape index (κ3) is 5.49. The Labute approximate surface area is 179 Å². The summed E-state index contributed by atoms with van der Waals surface area (Å²) >= 11 is 0. The van der Waals surface area contributed by atoms with Crippen LogP contribution in [0.1, 0.15) is 58.3 Å². The summed E-state index contributed by atoms with van der Waals surface area (Å²) in [5.74, 6) is 1.32. The quantitative estimate of drug-likeness (QED) is 0.622. The zero-order chi connectivity index (χ0) is 21.3. The van der Waals surface area contributed by atoms with Crippen LogP contribution >= 0.6 is 0 Å². The van der Waals surface area contributed by atoms with Crippen LogP contribution in [-0.2, 0) is 4.74 Å². The van der Waals surface area contributed by atoms with E-state index in [9.17, 15) is 4.79 Å². The van der Waals surface area contributed by atoms with Crippen LogP contribution in [0.25, 0.3) is 5.65 Å². The van der Waals surface area contributed by atoms with E-state index in [-0.39, 0.29) is 12.1 Å². The molecule has 2 N–H and O–H groups in total. The maximum atomic E-state index is 12.8. The van der Waals surface area contributed by atoms with E-state index in [0.717, 1.165) is 63.5 Å². The molecule has 3 rings (SSSR count). The predicted octanol–water partition coefficient (Wildman–Crippen LogP) is 3.01. The largest absolute Gasteiger partial charge is 0.379 e. The molecule has 2 aromatic rings. The van der Waals surface area contributed by atoms with Crippen LogP contribution in [0.5, 0.6) is 0 Å². The van der Waals surface area contributed by atoms with Crippen molar-refractivity contribution in [3.63, 3.8) is 0 Å². The first kappa shape index (κ1) is 22.5. The first-order valence-corrected chi connectivity index (χ1v) is 11.3. The van der Waals surface area contributed by atoms with Gasteiger partial charge in [-0.1, -0.05) is 46.1 Å². The van der Waals surface area contributed by atoms with E-state index in [1.165, 1.54) is 0 Å². The number of hydrogen-bond acceptors (Lipinski definition) is 5. The standard InChI is InChI=1S/C22H36N6O2/c1-4-9-18(21-26-25-20-10-7-8-11-28(20)21)24-22(29)23-16-19(17(5-2)6-3)27-12-14-30-15-13-27/h7-8,10-11,17-19H,4-6,9,12-16H2,1-3H3,(H2,23,24,29). The Morgan fingerprint density at radius 3 is 2.63 bits per heavy atom. The second kappa shape index (κ2) is 11.3. The first-order valence-electron chi connectivity index (χ1n) is 11.3. The predicted molar refractivity (Wildman–Crippen MR) is 117 cm³/mol. The van der Waals surface area contributed by atoms with Gasteiger partial charge in [0.15, 0.2) is 11.5 Å². The lowest BCUT2D eigenvalue weighted by Gasteiger charge is -2.38. The van der Waals surface area contributed by atoms with Crippen molar-refractivity contribution < 1.29 is 9.53 Å². The van der Waals surface area contributed by atoms with E-state index < -0.39 is 0 Å². The van der Waals surface area contributed by atoms with Gasteiger partial charge in [-0.05, 0) is 24.5 Å². The van der Waals surface area contributed by atoms with Crippen molar-refractivity contribution >= 4 is 11.7 Å². The number of hydrogen-bond donors (Lipinski definition) is 2. The molecule has 0 bridgehead atoms. The maximum absolute atomic E-state index is 12.8. The summed E-state index contributed by atoms with van der Waals surface area (Å²) in [6.07, 6.45) is 5.89. The second-order valence-corrected chi connectivity index (χ2v) is 7.97. The van der Waals surface area contributed by atoms with Crippen LogP contribution in [0.3, 0.4) is 0 Å². The van der Waals surface area contributed by atoms with Crippen LogP contribution in [0.4, 0.5) is 4.79 Å². The molecule has 166 valence electrons. The highest BCUT2D eigenvalue weighted by Gasteiger charge is 2.28. The number of amides is 2. The first-order chi connectivity index (χ1) is 14.7. The minimum atomic E-state index is -0.178. The van der Waals surface area contributed by atoms with Crippen LogP contribution in [0.15, 0.2) is 24.4 Å². The molecule has 0 saturated carbocycles. The molecule has 0 aromatic carbocycles. The zero-order valence-corrected chi connectivity index (χ0v) is 18.5. The summed E-state index contributed by atoms with van der Waals surface area (Å²) in [6.45, 7) is 10.6. The molecule has 30 heavy (non-hydrogen) atoms. The number of carbonyl (C=O) groups is 1. The summed E-state index contributed by atoms with van der Waals surface area (Å²) in [5.41, 5.74) is 0.789. The fourth-order valence-corrected chi connectivity index (χ4v) is 4.39. The second-order valence-electron chi connectivity index (χ2n) is 7.97. The molecule has 0 radical (unpaired) electrons. The van der Waals surface area contributed by atoms with Gasteiger partial charge in [0.1, 0.15) is 0 Å². The molecule has 3 heterocycles. The molecule has 2 unspecified atom stereocenters. The molecule has 1 fully saturated rings. The minimum Gasteiger partial charge on any atom is -0.379 e. The van der Waals surface area contributed by atoms with Crippen LogP contribution < -0.4 is 10.6 Å². The Morgan fingerprint density at radius 2 is 1.93 bits per heavy atom. The number of aromatic nitrogens is 3. The number of urea groups is 1. The van der Waals surface area contributed by atoms with Crippen molar-refractivity contribution in [1.29, 1.82) is 0 Å². The van der Waals surface area contributed by atoms with Crippen molar-refractivity contribution in [2.75, 3.05) is 32.8 Å². The average Bonchev–Trinajstić information content (AvgIpc) is 3.21. The van der Waals surface area contributed by atoms with Crippen LogP contribution in [0.2, 0.25) is 0 Å². The van der Waals surface area contributed by atoms with Crippen molar-refractivity contribution in [3.05, 3.63) is 30.2 Å². The Morgan fingerprint density at radius 1 is 1.17 bits per heavy atom. The Hall–Kier alpha value is -2.19. The van der Waals surface area contributed by atoms with Crippen molar-refractivity contribution in [1.82, 2.24) is 30.1 Å². The highest BCUT2D eigenvalue weighted by atomic mass is 16.5. The molecular weight excluding hydrogens is 380 g/mol. The summed E-state index contributed by atoms with van der Waals surface area (Å²) in [4.78, 5) is 15.3. The molecule has 1 saturated heterocycles. The molecule has 8 nitrogen and oxygen atoms in total. The summed E-state index contributed by atoms with van der Waals surface area (Å²) in [7, 11) is 0. The number of pyridine rings is 1. The van der Waals surface area contributed by atoms with E-state index in [1.807, 2.05) is 28.8 Å². The number of ether oxygens (including phenoxy) is 1. The van der Waals surface area contributed by atoms with E-state index in [1.54, 1.807) is 0 Å². The fraction of sp³-hybridized carbons (Fsp3) is 0.682. The fourth-order valence-electron chi connectivity index (χ4n) is 4.39. The topological polar surface area (TPSA) is 83.8 Å². The van der Waals surface area contributed by atoms with Gasteiger partial charge in [0.25, 0.3) is 0 Å². The van der Waals surface area contributed by atoms with Gasteiger partial charge in [-0.2, -0.15) is 0 Å². The third-order valence-corrected chi connectivity index (χ3v) is 6.11. The highest BCUT2D eigenvalue weighted by molar-refractivity contribution is 5.74. The summed E-state index contributed by atoms with van der Waals surface area (Å²) in [6, 6.07) is 5.81. The van der Waals surface area contributed by atoms with Crippen molar-refractivity contribution in [2.45, 2.75) is 58.5 Å².